The highest BCUT2D eigenvalue weighted by Crippen LogP contribution is 2.23. The van der Waals surface area contributed by atoms with Crippen molar-refractivity contribution in [2.75, 3.05) is 13.1 Å². The van der Waals surface area contributed by atoms with E-state index in [0.29, 0.717) is 0 Å². The van der Waals surface area contributed by atoms with E-state index in [1.54, 1.807) is 0 Å². The van der Waals surface area contributed by atoms with Crippen molar-refractivity contribution in [3.05, 3.63) is 0 Å². The summed E-state index contributed by atoms with van der Waals surface area (Å²) < 4.78 is 0. The number of nitrogens with one attached hydrogen (secondary N) is 1. The molecule has 0 saturated heterocycles. The largest absolute Gasteiger partial charge is 0.317 e. The Kier molecular flexibility index (Phi) is 30.0. The van der Waals surface area contributed by atoms with Crippen molar-refractivity contribution in [2.45, 2.75) is 188 Å². The highest BCUT2D eigenvalue weighted by molar-refractivity contribution is 4.63. The normalized spacial score (nSPS) is 11.6. The molecule has 200 valence electrons. The molecule has 0 bridgehead atoms. The Morgan fingerprint density at radius 3 is 1.00 bits per heavy atom. The fraction of sp³-hybridized carbons (Fsp3) is 1.00. The van der Waals surface area contributed by atoms with Gasteiger partial charge in [0, 0.05) is 0 Å². The quantitative estimate of drug-likeness (QED) is 0.108. The zero-order chi connectivity index (χ0) is 24.1. The van der Waals surface area contributed by atoms with Gasteiger partial charge in [0.1, 0.15) is 0 Å². The van der Waals surface area contributed by atoms with Gasteiger partial charge in [-0.1, -0.05) is 175 Å². The van der Waals surface area contributed by atoms with Gasteiger partial charge in [0.15, 0.2) is 0 Å². The number of hydrogen-bond acceptors (Lipinski definition) is 1. The summed E-state index contributed by atoms with van der Waals surface area (Å²) in [4.78, 5) is 0. The average molecular weight is 466 g/mol. The molecule has 0 radical (unpaired) electrons. The Morgan fingerprint density at radius 1 is 0.364 bits per heavy atom. The van der Waals surface area contributed by atoms with Gasteiger partial charge in [-0.3, -0.25) is 0 Å². The lowest BCUT2D eigenvalue weighted by Crippen LogP contribution is -2.15. The maximum absolute atomic E-state index is 3.53. The Morgan fingerprint density at radius 2 is 0.667 bits per heavy atom. The van der Waals surface area contributed by atoms with Crippen molar-refractivity contribution < 1.29 is 0 Å². The zero-order valence-corrected chi connectivity index (χ0v) is 23.9. The average Bonchev–Trinajstić information content (AvgIpc) is 2.83. The molecule has 0 aliphatic heterocycles. The van der Waals surface area contributed by atoms with Gasteiger partial charge in [0.25, 0.3) is 0 Å². The van der Waals surface area contributed by atoms with Crippen LogP contribution in [-0.2, 0) is 0 Å². The first-order valence-electron chi connectivity index (χ1n) is 16.1. The molecule has 0 heterocycles. The molecule has 0 aromatic heterocycles. The molecule has 0 aromatic carbocycles. The molecule has 0 aliphatic carbocycles. The van der Waals surface area contributed by atoms with E-state index in [4.69, 9.17) is 0 Å². The van der Waals surface area contributed by atoms with Crippen LogP contribution < -0.4 is 5.32 Å². The van der Waals surface area contributed by atoms with Crippen LogP contribution in [0, 0.1) is 5.92 Å². The molecular formula is C32H67N. The SMILES string of the molecule is CCCCCCCCCCCCCC(CCCCCCCCCCCCC)CCCNCC. The highest BCUT2D eigenvalue weighted by Gasteiger charge is 2.08. The monoisotopic (exact) mass is 466 g/mol. The van der Waals surface area contributed by atoms with Crippen LogP contribution in [0.15, 0.2) is 0 Å². The molecule has 0 unspecified atom stereocenters. The van der Waals surface area contributed by atoms with Crippen LogP contribution in [0.2, 0.25) is 0 Å². The van der Waals surface area contributed by atoms with Crippen LogP contribution in [0.25, 0.3) is 0 Å². The predicted octanol–water partition coefficient (Wildman–Crippen LogP) is 11.4. The van der Waals surface area contributed by atoms with Gasteiger partial charge in [0.2, 0.25) is 0 Å². The minimum absolute atomic E-state index is 1.00. The number of hydrogen-bond donors (Lipinski definition) is 1. The lowest BCUT2D eigenvalue weighted by Gasteiger charge is -2.17. The molecule has 1 nitrogen and oxygen atoms in total. The summed E-state index contributed by atoms with van der Waals surface area (Å²) in [6.45, 7) is 9.20. The molecule has 1 heteroatoms. The van der Waals surface area contributed by atoms with E-state index in [0.717, 1.165) is 12.5 Å². The molecule has 1 N–H and O–H groups in total. The van der Waals surface area contributed by atoms with Crippen LogP contribution in [0.4, 0.5) is 0 Å². The topological polar surface area (TPSA) is 12.0 Å². The van der Waals surface area contributed by atoms with E-state index in [1.807, 2.05) is 0 Å². The molecule has 0 aliphatic rings. The van der Waals surface area contributed by atoms with Gasteiger partial charge in [-0.15, -0.1) is 0 Å². The van der Waals surface area contributed by atoms with Crippen molar-refractivity contribution in [2.24, 2.45) is 5.92 Å². The van der Waals surface area contributed by atoms with E-state index < -0.39 is 0 Å². The Bertz CT molecular complexity index is 300. The first-order chi connectivity index (χ1) is 16.3. The van der Waals surface area contributed by atoms with Crippen LogP contribution in [0.5, 0.6) is 0 Å². The van der Waals surface area contributed by atoms with Gasteiger partial charge in [-0.2, -0.15) is 0 Å². The summed E-state index contributed by atoms with van der Waals surface area (Å²) >= 11 is 0. The van der Waals surface area contributed by atoms with Gasteiger partial charge in [0.05, 0.1) is 0 Å². The summed E-state index contributed by atoms with van der Waals surface area (Å²) in [6, 6.07) is 0. The molecular weight excluding hydrogens is 398 g/mol. The van der Waals surface area contributed by atoms with Crippen LogP contribution in [-0.4, -0.2) is 13.1 Å². The first-order valence-corrected chi connectivity index (χ1v) is 16.1. The second kappa shape index (κ2) is 30.0. The lowest BCUT2D eigenvalue weighted by atomic mass is 9.90. The van der Waals surface area contributed by atoms with E-state index in [2.05, 4.69) is 26.1 Å². The molecule has 0 aromatic rings. The highest BCUT2D eigenvalue weighted by atomic mass is 14.8. The van der Waals surface area contributed by atoms with E-state index in [9.17, 15) is 0 Å². The molecule has 0 saturated carbocycles. The Balaban J connectivity index is 3.67. The molecule has 0 atom stereocenters. The Hall–Kier alpha value is -0.0400. The lowest BCUT2D eigenvalue weighted by molar-refractivity contribution is 0.369. The molecule has 0 spiro atoms. The number of rotatable bonds is 29. The molecule has 0 amide bonds. The Labute approximate surface area is 212 Å². The summed E-state index contributed by atoms with van der Waals surface area (Å²) in [5.41, 5.74) is 0. The zero-order valence-electron chi connectivity index (χ0n) is 23.9. The number of unbranched alkanes of at least 4 members (excludes halogenated alkanes) is 20. The van der Waals surface area contributed by atoms with Crippen molar-refractivity contribution >= 4 is 0 Å². The fourth-order valence-corrected chi connectivity index (χ4v) is 5.32. The van der Waals surface area contributed by atoms with Gasteiger partial charge >= 0.3 is 0 Å². The maximum Gasteiger partial charge on any atom is -0.00489 e. The summed E-state index contributed by atoms with van der Waals surface area (Å²) in [7, 11) is 0. The van der Waals surface area contributed by atoms with Crippen LogP contribution >= 0.6 is 0 Å². The summed E-state index contributed by atoms with van der Waals surface area (Å²) in [5.74, 6) is 1.00. The van der Waals surface area contributed by atoms with Crippen molar-refractivity contribution in [1.29, 1.82) is 0 Å². The summed E-state index contributed by atoms with van der Waals surface area (Å²) in [6.07, 6.45) is 38.1. The predicted molar refractivity (Wildman–Crippen MR) is 153 cm³/mol. The van der Waals surface area contributed by atoms with Gasteiger partial charge in [-0.05, 0) is 31.8 Å². The molecule has 0 fully saturated rings. The fourth-order valence-electron chi connectivity index (χ4n) is 5.32. The van der Waals surface area contributed by atoms with E-state index in [-0.39, 0.29) is 0 Å². The summed E-state index contributed by atoms with van der Waals surface area (Å²) in [5, 5.41) is 3.53. The van der Waals surface area contributed by atoms with Crippen molar-refractivity contribution in [3.63, 3.8) is 0 Å². The van der Waals surface area contributed by atoms with Crippen LogP contribution in [0.3, 0.4) is 0 Å². The minimum atomic E-state index is 1.00. The minimum Gasteiger partial charge on any atom is -0.317 e. The molecule has 33 heavy (non-hydrogen) atoms. The third-order valence-corrected chi connectivity index (χ3v) is 7.65. The second-order valence-corrected chi connectivity index (χ2v) is 11.0. The molecule has 0 rings (SSSR count). The van der Waals surface area contributed by atoms with Crippen molar-refractivity contribution in [3.8, 4) is 0 Å². The maximum atomic E-state index is 3.53. The van der Waals surface area contributed by atoms with E-state index in [1.165, 1.54) is 173 Å². The van der Waals surface area contributed by atoms with E-state index >= 15 is 0 Å². The van der Waals surface area contributed by atoms with Gasteiger partial charge in [-0.25, -0.2) is 0 Å². The van der Waals surface area contributed by atoms with Crippen molar-refractivity contribution in [1.82, 2.24) is 5.32 Å². The third kappa shape index (κ3) is 28.1. The van der Waals surface area contributed by atoms with Crippen LogP contribution in [0.1, 0.15) is 188 Å². The third-order valence-electron chi connectivity index (χ3n) is 7.65. The first kappa shape index (κ1) is 33.0. The van der Waals surface area contributed by atoms with Gasteiger partial charge < -0.3 is 5.32 Å². The second-order valence-electron chi connectivity index (χ2n) is 11.0. The smallest absolute Gasteiger partial charge is 0.00489 e. The standard InChI is InChI=1S/C32H67N/c1-4-7-9-11-13-15-17-19-21-23-25-28-32(30-27-31-33-6-3)29-26-24-22-20-18-16-14-12-10-8-5-2/h32-33H,4-31H2,1-3H3.